The number of unbranched alkanes of at least 4 members (excludes halogenated alkanes) is 11. The first-order valence-electron chi connectivity index (χ1n) is 20.3. The Morgan fingerprint density at radius 2 is 1.45 bits per heavy atom. The summed E-state index contributed by atoms with van der Waals surface area (Å²) in [5, 5.41) is 24.0. The number of allylic oxidation sites excluding steroid dienone is 2. The fourth-order valence-electron chi connectivity index (χ4n) is 6.16. The van der Waals surface area contributed by atoms with E-state index in [-0.39, 0.29) is 36.4 Å². The van der Waals surface area contributed by atoms with E-state index in [0.29, 0.717) is 48.3 Å². The zero-order valence-electron chi connectivity index (χ0n) is 33.9. The van der Waals surface area contributed by atoms with Gasteiger partial charge >= 0.3 is 0 Å². The zero-order valence-corrected chi connectivity index (χ0v) is 34.8. The molecule has 0 bridgehead atoms. The highest BCUT2D eigenvalue weighted by molar-refractivity contribution is 7.92. The summed E-state index contributed by atoms with van der Waals surface area (Å²) in [4.78, 5) is 33.8. The van der Waals surface area contributed by atoms with Crippen molar-refractivity contribution in [1.82, 2.24) is 15.3 Å². The maximum Gasteiger partial charge on any atom is 0.239 e. The number of hydrogen-bond donors (Lipinski definition) is 3. The molecule has 0 unspecified atom stereocenters. The maximum atomic E-state index is 13.8. The molecule has 1 amide bonds. The lowest BCUT2D eigenvalue weighted by Gasteiger charge is -2.20. The second kappa shape index (κ2) is 26.4. The van der Waals surface area contributed by atoms with Gasteiger partial charge in [-0.25, -0.2) is 27.1 Å². The number of halogens is 1. The van der Waals surface area contributed by atoms with Gasteiger partial charge < -0.3 is 15.5 Å². The monoisotopic (exact) mass is 786 g/mol. The van der Waals surface area contributed by atoms with Crippen molar-refractivity contribution in [2.45, 2.75) is 154 Å². The maximum absolute atomic E-state index is 13.8. The van der Waals surface area contributed by atoms with E-state index < -0.39 is 28.0 Å². The van der Waals surface area contributed by atoms with E-state index >= 15 is 0 Å². The minimum Gasteiger partial charge on any atom is -0.392 e. The van der Waals surface area contributed by atoms with Crippen molar-refractivity contribution in [1.29, 1.82) is 0 Å². The van der Waals surface area contributed by atoms with Crippen LogP contribution in [0.2, 0.25) is 0 Å². The number of nitrogens with zero attached hydrogens (tertiary/aromatic N) is 3. The number of benzene rings is 1. The lowest BCUT2D eigenvalue weighted by atomic mass is 9.97. The van der Waals surface area contributed by atoms with Crippen LogP contribution in [0.3, 0.4) is 0 Å². The third-order valence-corrected chi connectivity index (χ3v) is 10.7. The number of sulfonamides is 1. The van der Waals surface area contributed by atoms with Crippen LogP contribution in [0, 0.1) is 5.82 Å². The van der Waals surface area contributed by atoms with Gasteiger partial charge in [-0.2, -0.15) is 0 Å². The highest BCUT2D eigenvalue weighted by Gasteiger charge is 2.23. The van der Waals surface area contributed by atoms with Crippen LogP contribution >= 0.6 is 0 Å². The minimum absolute atomic E-state index is 0.0487. The average molecular weight is 787 g/mol. The molecule has 10 nitrogen and oxygen atoms in total. The number of amides is 1. The Balaban J connectivity index is 1.74. The van der Waals surface area contributed by atoms with E-state index in [2.05, 4.69) is 34.4 Å². The molecule has 0 aliphatic carbocycles. The number of carbonyl (C=O) groups excluding carboxylic acids is 2. The normalized spacial score (nSPS) is 13.2. The van der Waals surface area contributed by atoms with Gasteiger partial charge in [-0.1, -0.05) is 96.4 Å². The zero-order chi connectivity index (χ0) is 40.6. The average Bonchev–Trinajstić information content (AvgIpc) is 3.13. The molecule has 1 aromatic heterocycles. The smallest absolute Gasteiger partial charge is 0.239 e. The van der Waals surface area contributed by atoms with Crippen LogP contribution in [-0.4, -0.2) is 72.3 Å². The molecule has 0 aliphatic rings. The van der Waals surface area contributed by atoms with Crippen LogP contribution in [0.5, 0.6) is 0 Å². The molecule has 2 rings (SSSR count). The van der Waals surface area contributed by atoms with Gasteiger partial charge in [0.15, 0.2) is 0 Å². The molecule has 0 fully saturated rings. The summed E-state index contributed by atoms with van der Waals surface area (Å²) in [5.41, 5.74) is 1.88. The Labute approximate surface area is 330 Å². The van der Waals surface area contributed by atoms with E-state index in [9.17, 15) is 32.6 Å². The number of Topliss-reactive ketones (excluding diaryl/α,β-unsaturated/α-hetero) is 1. The highest BCUT2D eigenvalue weighted by Crippen LogP contribution is 2.32. The molecular weight excluding hydrogens is 720 g/mol. The van der Waals surface area contributed by atoms with Crippen molar-refractivity contribution in [2.24, 2.45) is 0 Å². The van der Waals surface area contributed by atoms with Gasteiger partial charge in [-0.3, -0.25) is 9.59 Å². The molecule has 0 saturated heterocycles. The number of anilines is 1. The fourth-order valence-corrected chi connectivity index (χ4v) is 6.54. The largest absolute Gasteiger partial charge is 0.392 e. The Kier molecular flexibility index (Phi) is 22.9. The summed E-state index contributed by atoms with van der Waals surface area (Å²) in [5.74, 6) is -0.839. The first kappa shape index (κ1) is 47.7. The first-order valence-corrected chi connectivity index (χ1v) is 22.2. The number of rotatable bonds is 29. The van der Waals surface area contributed by atoms with E-state index in [1.807, 2.05) is 13.8 Å². The van der Waals surface area contributed by atoms with Crippen molar-refractivity contribution >= 4 is 33.7 Å². The van der Waals surface area contributed by atoms with Gasteiger partial charge in [0.1, 0.15) is 11.6 Å². The van der Waals surface area contributed by atoms with Gasteiger partial charge in [-0.05, 0) is 68.7 Å². The first-order chi connectivity index (χ1) is 26.2. The van der Waals surface area contributed by atoms with Crippen molar-refractivity contribution in [3.63, 3.8) is 0 Å². The molecule has 2 aromatic rings. The quantitative estimate of drug-likeness (QED) is 0.0547. The molecule has 0 saturated carbocycles. The molecule has 0 aliphatic heterocycles. The molecule has 0 spiro atoms. The third-order valence-electron chi connectivity index (χ3n) is 9.50. The topological polar surface area (TPSA) is 150 Å². The van der Waals surface area contributed by atoms with Gasteiger partial charge in [0.2, 0.25) is 21.9 Å². The van der Waals surface area contributed by atoms with Gasteiger partial charge in [0.25, 0.3) is 0 Å². The second-order valence-electron chi connectivity index (χ2n) is 14.9. The molecule has 1 aromatic carbocycles. The van der Waals surface area contributed by atoms with Crippen LogP contribution < -0.4 is 9.62 Å². The molecule has 3 N–H and O–H groups in total. The van der Waals surface area contributed by atoms with Crippen molar-refractivity contribution in [3.8, 4) is 11.3 Å². The third kappa shape index (κ3) is 19.8. The molecule has 12 heteroatoms. The molecule has 2 atom stereocenters. The lowest BCUT2D eigenvalue weighted by molar-refractivity contribution is -0.124. The van der Waals surface area contributed by atoms with Gasteiger partial charge in [0.05, 0.1) is 36.3 Å². The summed E-state index contributed by atoms with van der Waals surface area (Å²) >= 11 is 0. The van der Waals surface area contributed by atoms with Crippen molar-refractivity contribution in [3.05, 3.63) is 59.6 Å². The summed E-state index contributed by atoms with van der Waals surface area (Å²) in [6, 6.07) is 5.60. The Morgan fingerprint density at radius 1 is 0.873 bits per heavy atom. The van der Waals surface area contributed by atoms with Crippen LogP contribution in [0.1, 0.15) is 154 Å². The Hall–Kier alpha value is -3.48. The number of carbonyl (C=O) groups is 2. The second-order valence-corrected chi connectivity index (χ2v) is 16.9. The van der Waals surface area contributed by atoms with Crippen LogP contribution in [-0.2, 0) is 19.6 Å². The lowest BCUT2D eigenvalue weighted by Crippen LogP contribution is -2.29. The Bertz CT molecular complexity index is 1600. The summed E-state index contributed by atoms with van der Waals surface area (Å²) in [7, 11) is -2.33. The molecule has 0 radical (unpaired) electrons. The standard InChI is InChI=1S/C43H67FN4O6S/c1-6-7-8-9-10-11-12-13-14-15-16-17-18-19-20-22-36(49)23-21-30-45-40(52)32-38(51)31-37(50)28-29-39-41(33(2)3)46-43(48(4)55(5,53)54)47-42(39)34-24-26-35(44)27-25-34/h13-14,24-29,33,37-38,50-51H,6-12,15-23,30-32H2,1-5H3,(H,45,52)/b14-13-,29-28+/t37-,38-/m1/s1. The van der Waals surface area contributed by atoms with E-state index in [1.165, 1.54) is 95.2 Å². The van der Waals surface area contributed by atoms with Gasteiger partial charge in [-0.15, -0.1) is 0 Å². The summed E-state index contributed by atoms with van der Waals surface area (Å²) in [6.45, 7) is 6.34. The van der Waals surface area contributed by atoms with Crippen molar-refractivity contribution < 1.29 is 32.6 Å². The van der Waals surface area contributed by atoms with E-state index in [1.54, 1.807) is 6.08 Å². The van der Waals surface area contributed by atoms with E-state index in [4.69, 9.17) is 0 Å². The molecule has 308 valence electrons. The summed E-state index contributed by atoms with van der Waals surface area (Å²) < 4.78 is 39.3. The fraction of sp³-hybridized carbons (Fsp3) is 0.628. The highest BCUT2D eigenvalue weighted by atomic mass is 32.2. The molecule has 1 heterocycles. The molecule has 55 heavy (non-hydrogen) atoms. The van der Waals surface area contributed by atoms with E-state index in [0.717, 1.165) is 36.2 Å². The predicted molar refractivity (Wildman–Crippen MR) is 222 cm³/mol. The number of ketones is 1. The predicted octanol–water partition coefficient (Wildman–Crippen LogP) is 8.82. The minimum atomic E-state index is -3.68. The SMILES string of the molecule is CCCCCCCC/C=C\CCCCCCCC(=O)CCCNC(=O)C[C@H](O)C[C@H](O)/C=C/c1c(-c2ccc(F)cc2)nc(N(C)S(C)(=O)=O)nc1C(C)C. The van der Waals surface area contributed by atoms with Crippen LogP contribution in [0.15, 0.2) is 42.5 Å². The molecular formula is C43H67FN4O6S. The number of aliphatic hydroxyl groups excluding tert-OH is 2. The number of hydrogen-bond acceptors (Lipinski definition) is 8. The summed E-state index contributed by atoms with van der Waals surface area (Å²) in [6.07, 6.45) is 23.5. The van der Waals surface area contributed by atoms with Crippen LogP contribution in [0.4, 0.5) is 10.3 Å². The van der Waals surface area contributed by atoms with Gasteiger partial charge in [0, 0.05) is 44.0 Å². The number of nitrogens with one attached hydrogen (secondary N) is 1. The van der Waals surface area contributed by atoms with Crippen LogP contribution in [0.25, 0.3) is 17.3 Å². The number of aliphatic hydroxyl groups is 2. The van der Waals surface area contributed by atoms with Crippen molar-refractivity contribution in [2.75, 3.05) is 24.2 Å². The Morgan fingerprint density at radius 3 is 2.05 bits per heavy atom. The number of aromatic nitrogens is 2.